The summed E-state index contributed by atoms with van der Waals surface area (Å²) in [5.74, 6) is -0.254. The maximum absolute atomic E-state index is 12.6. The van der Waals surface area contributed by atoms with Crippen LogP contribution in [0.25, 0.3) is 6.08 Å². The summed E-state index contributed by atoms with van der Waals surface area (Å²) in [5, 5.41) is 0.161. The highest BCUT2D eigenvalue weighted by Crippen LogP contribution is 2.33. The van der Waals surface area contributed by atoms with Gasteiger partial charge in [0.25, 0.3) is 15.9 Å². The number of halogens is 2. The molecule has 1 heterocycles. The lowest BCUT2D eigenvalue weighted by atomic mass is 10.2. The molecular weight excluding hydrogens is 516 g/mol. The summed E-state index contributed by atoms with van der Waals surface area (Å²) in [6.07, 6.45) is 1.73. The number of thioether (sulfide) groups is 1. The molecule has 5 nitrogen and oxygen atoms in total. The molecule has 140 valence electrons. The van der Waals surface area contributed by atoms with E-state index in [4.69, 9.17) is 0 Å². The fraction of sp³-hybridized carbons (Fsp3) is 0.111. The van der Waals surface area contributed by atoms with Crippen molar-refractivity contribution < 1.29 is 13.2 Å². The third-order valence-corrected chi connectivity index (χ3v) is 7.14. The Bertz CT molecular complexity index is 1030. The van der Waals surface area contributed by atoms with E-state index in [-0.39, 0.29) is 16.0 Å². The number of sulfonamides is 1. The third kappa shape index (κ3) is 4.71. The summed E-state index contributed by atoms with van der Waals surface area (Å²) in [5.41, 5.74) is 0.849. The molecule has 1 aliphatic rings. The molecular formula is C18H14Br2N2O3S2. The molecule has 0 bridgehead atoms. The van der Waals surface area contributed by atoms with Gasteiger partial charge < -0.3 is 0 Å². The standard InChI is InChI=1S/C18H14Br2N2O3S2/c1-2-22-17(23)16(11-12-3-5-13(19)6-4-12)26-18(22)21-27(24,25)15-9-7-14(20)8-10-15/h3-11H,2H2,1H3/b16-11-,21-18+. The van der Waals surface area contributed by atoms with Crippen molar-refractivity contribution in [2.45, 2.75) is 11.8 Å². The number of amides is 1. The predicted molar refractivity (Wildman–Crippen MR) is 116 cm³/mol. The SMILES string of the molecule is CCN1C(=O)/C(=C/c2ccc(Br)cc2)S/C1=N/S(=O)(=O)c1ccc(Br)cc1. The van der Waals surface area contributed by atoms with Crippen molar-refractivity contribution in [2.24, 2.45) is 4.40 Å². The quantitative estimate of drug-likeness (QED) is 0.529. The Kier molecular flexibility index (Phi) is 6.25. The molecule has 3 rings (SSSR count). The van der Waals surface area contributed by atoms with Gasteiger partial charge in [0.2, 0.25) is 0 Å². The number of rotatable bonds is 4. The number of likely N-dealkylation sites (N-methyl/N-ethyl adjacent to an activating group) is 1. The van der Waals surface area contributed by atoms with E-state index >= 15 is 0 Å². The minimum absolute atomic E-state index is 0.0765. The maximum Gasteiger partial charge on any atom is 0.284 e. The molecule has 0 radical (unpaired) electrons. The normalized spacial score (nSPS) is 17.9. The Hall–Kier alpha value is -1.42. The van der Waals surface area contributed by atoms with E-state index in [1.54, 1.807) is 25.1 Å². The average Bonchev–Trinajstić information content (AvgIpc) is 2.91. The van der Waals surface area contributed by atoms with Gasteiger partial charge in [-0.15, -0.1) is 4.40 Å². The van der Waals surface area contributed by atoms with Gasteiger partial charge in [-0.3, -0.25) is 9.69 Å². The summed E-state index contributed by atoms with van der Waals surface area (Å²) in [6.45, 7) is 2.11. The molecule has 1 amide bonds. The lowest BCUT2D eigenvalue weighted by Crippen LogP contribution is -2.29. The van der Waals surface area contributed by atoms with Crippen molar-refractivity contribution in [3.05, 3.63) is 67.9 Å². The first-order chi connectivity index (χ1) is 12.8. The van der Waals surface area contributed by atoms with Crippen LogP contribution in [0, 0.1) is 0 Å². The second kappa shape index (κ2) is 8.30. The summed E-state index contributed by atoms with van der Waals surface area (Å²) < 4.78 is 30.8. The van der Waals surface area contributed by atoms with E-state index in [2.05, 4.69) is 36.3 Å². The second-order valence-electron chi connectivity index (χ2n) is 5.51. The predicted octanol–water partition coefficient (Wildman–Crippen LogP) is 4.89. The molecule has 2 aromatic carbocycles. The molecule has 0 aliphatic carbocycles. The Balaban J connectivity index is 1.95. The number of nitrogens with zero attached hydrogens (tertiary/aromatic N) is 2. The number of benzene rings is 2. The average molecular weight is 530 g/mol. The molecule has 0 N–H and O–H groups in total. The Morgan fingerprint density at radius 3 is 2.15 bits per heavy atom. The molecule has 1 aliphatic heterocycles. The number of amidine groups is 1. The van der Waals surface area contributed by atoms with Crippen molar-refractivity contribution in [3.8, 4) is 0 Å². The van der Waals surface area contributed by atoms with Crippen molar-refractivity contribution in [3.63, 3.8) is 0 Å². The zero-order chi connectivity index (χ0) is 19.6. The van der Waals surface area contributed by atoms with Gasteiger partial charge in [0.1, 0.15) is 0 Å². The molecule has 0 atom stereocenters. The van der Waals surface area contributed by atoms with E-state index in [0.717, 1.165) is 26.3 Å². The number of carbonyl (C=O) groups is 1. The Labute approximate surface area is 178 Å². The van der Waals surface area contributed by atoms with Gasteiger partial charge in [0, 0.05) is 15.5 Å². The van der Waals surface area contributed by atoms with E-state index < -0.39 is 10.0 Å². The van der Waals surface area contributed by atoms with E-state index in [1.807, 2.05) is 24.3 Å². The lowest BCUT2D eigenvalue weighted by Gasteiger charge is -2.11. The van der Waals surface area contributed by atoms with Crippen molar-refractivity contribution in [2.75, 3.05) is 6.54 Å². The molecule has 0 aromatic heterocycles. The van der Waals surface area contributed by atoms with Crippen LogP contribution in [0.4, 0.5) is 0 Å². The maximum atomic E-state index is 12.6. The monoisotopic (exact) mass is 528 g/mol. The highest BCUT2D eigenvalue weighted by molar-refractivity contribution is 9.10. The summed E-state index contributed by atoms with van der Waals surface area (Å²) >= 11 is 7.71. The van der Waals surface area contributed by atoms with Crippen LogP contribution in [0.5, 0.6) is 0 Å². The molecule has 0 unspecified atom stereocenters. The highest BCUT2D eigenvalue weighted by Gasteiger charge is 2.34. The smallest absolute Gasteiger partial charge is 0.284 e. The molecule has 0 spiro atoms. The largest absolute Gasteiger partial charge is 0.286 e. The second-order valence-corrected chi connectivity index (χ2v) is 9.96. The highest BCUT2D eigenvalue weighted by atomic mass is 79.9. The van der Waals surface area contributed by atoms with Crippen molar-refractivity contribution in [1.82, 2.24) is 4.90 Å². The molecule has 1 fully saturated rings. The minimum Gasteiger partial charge on any atom is -0.286 e. The zero-order valence-corrected chi connectivity index (χ0v) is 18.9. The van der Waals surface area contributed by atoms with E-state index in [1.165, 1.54) is 17.0 Å². The van der Waals surface area contributed by atoms with Crippen LogP contribution in [0.1, 0.15) is 12.5 Å². The van der Waals surface area contributed by atoms with Crippen LogP contribution in [0.3, 0.4) is 0 Å². The first-order valence-electron chi connectivity index (χ1n) is 7.87. The lowest BCUT2D eigenvalue weighted by molar-refractivity contribution is -0.122. The number of carbonyl (C=O) groups excluding carboxylic acids is 1. The molecule has 2 aromatic rings. The first kappa shape index (κ1) is 20.3. The fourth-order valence-corrected chi connectivity index (χ4v) is 5.10. The third-order valence-electron chi connectivity index (χ3n) is 3.68. The van der Waals surface area contributed by atoms with Crippen LogP contribution in [0.2, 0.25) is 0 Å². The Morgan fingerprint density at radius 1 is 1.04 bits per heavy atom. The van der Waals surface area contributed by atoms with Crippen LogP contribution < -0.4 is 0 Å². The Morgan fingerprint density at radius 2 is 1.59 bits per heavy atom. The van der Waals surface area contributed by atoms with Gasteiger partial charge in [-0.25, -0.2) is 0 Å². The van der Waals surface area contributed by atoms with Crippen molar-refractivity contribution in [1.29, 1.82) is 0 Å². The van der Waals surface area contributed by atoms with Gasteiger partial charge in [-0.1, -0.05) is 44.0 Å². The van der Waals surface area contributed by atoms with Crippen LogP contribution >= 0.6 is 43.6 Å². The van der Waals surface area contributed by atoms with Crippen LogP contribution in [0.15, 0.2) is 71.7 Å². The zero-order valence-electron chi connectivity index (χ0n) is 14.1. The van der Waals surface area contributed by atoms with E-state index in [0.29, 0.717) is 11.4 Å². The topological polar surface area (TPSA) is 66.8 Å². The molecule has 27 heavy (non-hydrogen) atoms. The van der Waals surface area contributed by atoms with Crippen LogP contribution in [-0.4, -0.2) is 30.9 Å². The van der Waals surface area contributed by atoms with Gasteiger partial charge >= 0.3 is 0 Å². The van der Waals surface area contributed by atoms with E-state index in [9.17, 15) is 13.2 Å². The van der Waals surface area contributed by atoms with Gasteiger partial charge in [0.05, 0.1) is 9.80 Å². The molecule has 9 heteroatoms. The van der Waals surface area contributed by atoms with Crippen molar-refractivity contribution >= 4 is 70.8 Å². The summed E-state index contributed by atoms with van der Waals surface area (Å²) in [6, 6.07) is 13.7. The minimum atomic E-state index is -3.91. The molecule has 1 saturated heterocycles. The fourth-order valence-electron chi connectivity index (χ4n) is 2.33. The molecule has 0 saturated carbocycles. The van der Waals surface area contributed by atoms with Gasteiger partial charge in [0.15, 0.2) is 5.17 Å². The summed E-state index contributed by atoms with van der Waals surface area (Å²) in [7, 11) is -3.91. The number of hydrogen-bond acceptors (Lipinski definition) is 4. The van der Waals surface area contributed by atoms with Gasteiger partial charge in [-0.05, 0) is 66.7 Å². The van der Waals surface area contributed by atoms with Crippen LogP contribution in [-0.2, 0) is 14.8 Å². The number of hydrogen-bond donors (Lipinski definition) is 0. The first-order valence-corrected chi connectivity index (χ1v) is 11.7. The van der Waals surface area contributed by atoms with Gasteiger partial charge in [-0.2, -0.15) is 8.42 Å². The summed E-state index contributed by atoms with van der Waals surface area (Å²) in [4.78, 5) is 14.5.